The van der Waals surface area contributed by atoms with Gasteiger partial charge in [-0.25, -0.2) is 0 Å². The maximum absolute atomic E-state index is 11.7. The summed E-state index contributed by atoms with van der Waals surface area (Å²) in [4.78, 5) is 11.7. The largest absolute Gasteiger partial charge is 0.361 e. The number of aromatic nitrogens is 1. The molecule has 18 heavy (non-hydrogen) atoms. The van der Waals surface area contributed by atoms with Crippen LogP contribution in [0.3, 0.4) is 0 Å². The molecule has 1 saturated heterocycles. The summed E-state index contributed by atoms with van der Waals surface area (Å²) in [6.45, 7) is 6.25. The molecule has 0 saturated carbocycles. The molecular formula is C12H20ClN3O2. The molecule has 0 bridgehead atoms. The first-order chi connectivity index (χ1) is 8.16. The number of halogens is 1. The van der Waals surface area contributed by atoms with Crippen molar-refractivity contribution in [3.05, 3.63) is 17.0 Å². The molecule has 1 aromatic heterocycles. The number of carbonyl (C=O) groups is 1. The van der Waals surface area contributed by atoms with Crippen molar-refractivity contribution in [1.29, 1.82) is 0 Å². The first-order valence-electron chi connectivity index (χ1n) is 6.06. The molecule has 2 N–H and O–H groups in total. The molecule has 2 rings (SSSR count). The number of aryl methyl sites for hydroxylation is 2. The molecule has 1 aliphatic rings. The number of hydrogen-bond acceptors (Lipinski definition) is 4. The third-order valence-electron chi connectivity index (χ3n) is 3.28. The van der Waals surface area contributed by atoms with Gasteiger partial charge in [0.25, 0.3) is 0 Å². The topological polar surface area (TPSA) is 67.2 Å². The minimum atomic E-state index is 0. The van der Waals surface area contributed by atoms with Gasteiger partial charge in [0.15, 0.2) is 0 Å². The molecule has 0 aliphatic carbocycles. The Morgan fingerprint density at radius 1 is 1.56 bits per heavy atom. The molecular weight excluding hydrogens is 254 g/mol. The van der Waals surface area contributed by atoms with E-state index in [1.54, 1.807) is 0 Å². The number of rotatable bonds is 4. The smallest absolute Gasteiger partial charge is 0.220 e. The molecule has 1 aromatic rings. The summed E-state index contributed by atoms with van der Waals surface area (Å²) in [5.74, 6) is 1.38. The third-order valence-corrected chi connectivity index (χ3v) is 3.28. The van der Waals surface area contributed by atoms with Gasteiger partial charge in [-0.15, -0.1) is 12.4 Å². The van der Waals surface area contributed by atoms with Gasteiger partial charge in [-0.1, -0.05) is 5.16 Å². The van der Waals surface area contributed by atoms with E-state index in [1.807, 2.05) is 13.8 Å². The minimum absolute atomic E-state index is 0. The Morgan fingerprint density at radius 2 is 2.33 bits per heavy atom. The van der Waals surface area contributed by atoms with Gasteiger partial charge in [0.2, 0.25) is 5.91 Å². The zero-order valence-corrected chi connectivity index (χ0v) is 11.6. The van der Waals surface area contributed by atoms with E-state index >= 15 is 0 Å². The Hall–Kier alpha value is -1.07. The number of hydrogen-bond donors (Lipinski definition) is 2. The van der Waals surface area contributed by atoms with Crippen molar-refractivity contribution in [2.75, 3.05) is 13.1 Å². The van der Waals surface area contributed by atoms with Crippen molar-refractivity contribution in [1.82, 2.24) is 15.8 Å². The Bertz CT molecular complexity index is 381. The number of carbonyl (C=O) groups excluding carboxylic acids is 1. The summed E-state index contributed by atoms with van der Waals surface area (Å²) in [5.41, 5.74) is 1.84. The van der Waals surface area contributed by atoms with Crippen molar-refractivity contribution in [2.24, 2.45) is 5.92 Å². The van der Waals surface area contributed by atoms with Crippen molar-refractivity contribution in [3.63, 3.8) is 0 Å². The van der Waals surface area contributed by atoms with E-state index in [2.05, 4.69) is 15.8 Å². The second kappa shape index (κ2) is 6.75. The van der Waals surface area contributed by atoms with Gasteiger partial charge in [0, 0.05) is 18.5 Å². The first kappa shape index (κ1) is 15.0. The lowest BCUT2D eigenvalue weighted by atomic mass is 10.0. The molecule has 1 atom stereocenters. The van der Waals surface area contributed by atoms with Gasteiger partial charge in [-0.3, -0.25) is 4.79 Å². The lowest BCUT2D eigenvalue weighted by molar-refractivity contribution is -0.122. The van der Waals surface area contributed by atoms with Crippen LogP contribution in [0.4, 0.5) is 0 Å². The predicted molar refractivity (Wildman–Crippen MR) is 70.7 cm³/mol. The Morgan fingerprint density at radius 3 is 2.89 bits per heavy atom. The molecule has 0 aromatic carbocycles. The normalized spacial score (nSPS) is 18.4. The van der Waals surface area contributed by atoms with E-state index in [1.165, 1.54) is 0 Å². The quantitative estimate of drug-likeness (QED) is 0.869. The summed E-state index contributed by atoms with van der Waals surface area (Å²) in [6, 6.07) is 0. The number of nitrogens with one attached hydrogen (secondary N) is 2. The van der Waals surface area contributed by atoms with E-state index in [0.29, 0.717) is 18.9 Å². The summed E-state index contributed by atoms with van der Waals surface area (Å²) in [6.07, 6.45) is 1.70. The predicted octanol–water partition coefficient (Wildman–Crippen LogP) is 1.33. The molecule has 1 unspecified atom stereocenters. The van der Waals surface area contributed by atoms with Crippen LogP contribution in [0, 0.1) is 19.8 Å². The summed E-state index contributed by atoms with van der Waals surface area (Å²) < 4.78 is 5.05. The lowest BCUT2D eigenvalue weighted by Gasteiger charge is -2.08. The van der Waals surface area contributed by atoms with Crippen molar-refractivity contribution < 1.29 is 9.32 Å². The molecule has 6 heteroatoms. The molecule has 1 amide bonds. The van der Waals surface area contributed by atoms with Crippen LogP contribution in [0.5, 0.6) is 0 Å². The molecule has 102 valence electrons. The van der Waals surface area contributed by atoms with Gasteiger partial charge in [-0.05, 0) is 39.3 Å². The van der Waals surface area contributed by atoms with Crippen LogP contribution in [0.2, 0.25) is 0 Å². The van der Waals surface area contributed by atoms with Gasteiger partial charge in [0.1, 0.15) is 5.76 Å². The van der Waals surface area contributed by atoms with E-state index in [4.69, 9.17) is 4.52 Å². The van der Waals surface area contributed by atoms with Gasteiger partial charge < -0.3 is 15.2 Å². The second-order valence-corrected chi connectivity index (χ2v) is 4.64. The Balaban J connectivity index is 0.00000162. The Kier molecular flexibility index (Phi) is 5.62. The molecule has 1 fully saturated rings. The van der Waals surface area contributed by atoms with Crippen LogP contribution in [-0.4, -0.2) is 24.2 Å². The van der Waals surface area contributed by atoms with E-state index < -0.39 is 0 Å². The highest BCUT2D eigenvalue weighted by atomic mass is 35.5. The Labute approximate surface area is 113 Å². The van der Waals surface area contributed by atoms with E-state index in [9.17, 15) is 4.79 Å². The highest BCUT2D eigenvalue weighted by Gasteiger charge is 2.18. The maximum atomic E-state index is 11.7. The molecule has 0 radical (unpaired) electrons. The zero-order valence-electron chi connectivity index (χ0n) is 10.8. The molecule has 1 aliphatic heterocycles. The average molecular weight is 274 g/mol. The number of amides is 1. The molecule has 2 heterocycles. The summed E-state index contributed by atoms with van der Waals surface area (Å²) >= 11 is 0. The van der Waals surface area contributed by atoms with Crippen LogP contribution < -0.4 is 10.6 Å². The minimum Gasteiger partial charge on any atom is -0.361 e. The summed E-state index contributed by atoms with van der Waals surface area (Å²) in [5, 5.41) is 10.0. The van der Waals surface area contributed by atoms with Crippen LogP contribution in [0.15, 0.2) is 4.52 Å². The van der Waals surface area contributed by atoms with Gasteiger partial charge in [-0.2, -0.15) is 0 Å². The van der Waals surface area contributed by atoms with Gasteiger partial charge >= 0.3 is 0 Å². The fourth-order valence-electron chi connectivity index (χ4n) is 2.16. The average Bonchev–Trinajstić information content (AvgIpc) is 2.88. The van der Waals surface area contributed by atoms with Crippen LogP contribution in [-0.2, 0) is 11.3 Å². The van der Waals surface area contributed by atoms with E-state index in [0.717, 1.165) is 36.5 Å². The first-order valence-corrected chi connectivity index (χ1v) is 6.06. The monoisotopic (exact) mass is 273 g/mol. The maximum Gasteiger partial charge on any atom is 0.220 e. The third kappa shape index (κ3) is 3.71. The summed E-state index contributed by atoms with van der Waals surface area (Å²) in [7, 11) is 0. The van der Waals surface area contributed by atoms with Gasteiger partial charge in [0.05, 0.1) is 5.69 Å². The fourth-order valence-corrected chi connectivity index (χ4v) is 2.16. The van der Waals surface area contributed by atoms with Crippen LogP contribution >= 0.6 is 12.4 Å². The highest BCUT2D eigenvalue weighted by Crippen LogP contribution is 2.13. The van der Waals surface area contributed by atoms with Crippen molar-refractivity contribution >= 4 is 18.3 Å². The van der Waals surface area contributed by atoms with Crippen LogP contribution in [0.1, 0.15) is 29.9 Å². The highest BCUT2D eigenvalue weighted by molar-refractivity contribution is 5.85. The fraction of sp³-hybridized carbons (Fsp3) is 0.667. The lowest BCUT2D eigenvalue weighted by Crippen LogP contribution is -2.26. The van der Waals surface area contributed by atoms with Crippen LogP contribution in [0.25, 0.3) is 0 Å². The van der Waals surface area contributed by atoms with E-state index in [-0.39, 0.29) is 18.3 Å². The standard InChI is InChI=1S/C12H19N3O2.ClH/c1-8-11(9(2)17-15-8)7-14-12(16)5-10-3-4-13-6-10;/h10,13H,3-7H2,1-2H3,(H,14,16);1H. The SMILES string of the molecule is Cc1noc(C)c1CNC(=O)CC1CCNC1.Cl. The van der Waals surface area contributed by atoms with Crippen molar-refractivity contribution in [2.45, 2.75) is 33.2 Å². The van der Waals surface area contributed by atoms with Crippen molar-refractivity contribution in [3.8, 4) is 0 Å². The second-order valence-electron chi connectivity index (χ2n) is 4.64. The molecule has 0 spiro atoms. The number of nitrogens with zero attached hydrogens (tertiary/aromatic N) is 1. The molecule has 5 nitrogen and oxygen atoms in total. The zero-order chi connectivity index (χ0) is 12.3.